The summed E-state index contributed by atoms with van der Waals surface area (Å²) in [5.41, 5.74) is 3.32. The summed E-state index contributed by atoms with van der Waals surface area (Å²) in [6.45, 7) is 12.9. The zero-order valence-electron chi connectivity index (χ0n) is 50.0. The van der Waals surface area contributed by atoms with Gasteiger partial charge < -0.3 is 29.3 Å². The number of aromatic nitrogens is 12. The van der Waals surface area contributed by atoms with E-state index in [1.165, 1.54) is 94.4 Å². The van der Waals surface area contributed by atoms with Gasteiger partial charge in [-0.15, -0.1) is 13.2 Å². The first-order chi connectivity index (χ1) is 43.3. The smallest absolute Gasteiger partial charge is 0.278 e. The lowest BCUT2D eigenvalue weighted by Gasteiger charge is -2.46. The molecule has 0 unspecified atom stereocenters. The Labute approximate surface area is 536 Å². The summed E-state index contributed by atoms with van der Waals surface area (Å²) in [5.74, 6) is 2.93. The number of nitrogens with zero attached hydrogens (tertiary/aromatic N) is 14. The summed E-state index contributed by atoms with van der Waals surface area (Å²) in [6, 6.07) is 29.9. The van der Waals surface area contributed by atoms with Gasteiger partial charge in [-0.25, -0.2) is 43.6 Å². The van der Waals surface area contributed by atoms with Gasteiger partial charge in [0.25, 0.3) is 11.1 Å². The molecular formula is C65H72Br2FN15O5S. The van der Waals surface area contributed by atoms with E-state index in [-0.39, 0.29) is 23.3 Å². The number of fused-ring (bicyclic) bond motifs is 2. The number of piperidine rings is 2. The number of rotatable bonds is 16. The molecule has 2 saturated heterocycles. The van der Waals surface area contributed by atoms with Gasteiger partial charge in [0.2, 0.25) is 29.5 Å². The number of likely N-dealkylation sites (tertiary alicyclic amines) is 1. The second-order valence-corrected chi connectivity index (χ2v) is 25.1. The number of anilines is 3. The van der Waals surface area contributed by atoms with E-state index < -0.39 is 5.95 Å². The maximum atomic E-state index is 13.3. The fraction of sp³-hybridized carbons (Fsp3) is 0.385. The molecule has 1 spiro atoms. The maximum absolute atomic E-state index is 13.3. The Morgan fingerprint density at radius 1 is 0.607 bits per heavy atom. The largest absolute Gasteiger partial charge is 0.474 e. The van der Waals surface area contributed by atoms with Gasteiger partial charge in [0.1, 0.15) is 38.3 Å². The molecule has 1 N–H and O–H groups in total. The zero-order chi connectivity index (χ0) is 61.9. The zero-order valence-corrected chi connectivity index (χ0v) is 54.0. The number of halogens is 3. The third-order valence-corrected chi connectivity index (χ3v) is 18.2. The van der Waals surface area contributed by atoms with E-state index in [9.17, 15) is 14.0 Å². The summed E-state index contributed by atoms with van der Waals surface area (Å²) >= 11 is 7.74. The summed E-state index contributed by atoms with van der Waals surface area (Å²) in [4.78, 5) is 66.0. The Morgan fingerprint density at radius 2 is 1.08 bits per heavy atom. The molecule has 0 radical (unpaired) electrons. The monoisotopic (exact) mass is 1350 g/mol. The van der Waals surface area contributed by atoms with Crippen molar-refractivity contribution in [2.75, 3.05) is 49.7 Å². The van der Waals surface area contributed by atoms with Crippen molar-refractivity contribution < 1.29 is 18.6 Å². The minimum atomic E-state index is -0.459. The second kappa shape index (κ2) is 29.2. The first-order valence-electron chi connectivity index (χ1n) is 30.2. The predicted molar refractivity (Wildman–Crippen MR) is 353 cm³/mol. The van der Waals surface area contributed by atoms with Gasteiger partial charge in [0, 0.05) is 55.1 Å². The normalized spacial score (nSPS) is 16.5. The van der Waals surface area contributed by atoms with E-state index in [2.05, 4.69) is 121 Å². The molecule has 5 fully saturated rings. The molecule has 0 atom stereocenters. The Morgan fingerprint density at radius 3 is 1.54 bits per heavy atom. The van der Waals surface area contributed by atoms with Gasteiger partial charge in [-0.05, 0) is 202 Å². The van der Waals surface area contributed by atoms with Crippen LogP contribution in [0.3, 0.4) is 0 Å². The SMILES string of the molecule is Brc1cccc(OC2CCC2)n1.C=CCn1c(=O)c2cnc(Nc3ccc(N4CCC5(CCN(C)CC5)CC4)cc3)nc2n1-c1cccc(OC2CCC2)n1.C=CCn1c(=O)c2cnc(SC)nc2n1-c1cccc(OC2CCC2)n1.Fc1cccc(Br)n1. The average molecular weight is 1350 g/mol. The van der Waals surface area contributed by atoms with Crippen molar-refractivity contribution >= 4 is 83.0 Å². The third kappa shape index (κ3) is 15.4. The van der Waals surface area contributed by atoms with Crippen LogP contribution in [0.1, 0.15) is 83.5 Å². The van der Waals surface area contributed by atoms with E-state index >= 15 is 0 Å². The van der Waals surface area contributed by atoms with E-state index in [4.69, 9.17) is 24.2 Å². The summed E-state index contributed by atoms with van der Waals surface area (Å²) in [6.07, 6.45) is 24.7. The fourth-order valence-corrected chi connectivity index (χ4v) is 11.9. The molecule has 3 saturated carbocycles. The molecule has 8 aromatic heterocycles. The molecule has 464 valence electrons. The van der Waals surface area contributed by atoms with Crippen LogP contribution in [-0.4, -0.2) is 121 Å². The number of nitrogens with one attached hydrogen (secondary N) is 1. The van der Waals surface area contributed by atoms with Crippen LogP contribution in [0.25, 0.3) is 33.7 Å². The second-order valence-electron chi connectivity index (χ2n) is 22.7. The van der Waals surface area contributed by atoms with Crippen LogP contribution in [0.5, 0.6) is 17.6 Å². The third-order valence-electron chi connectivity index (χ3n) is 16.7. The highest BCUT2D eigenvalue weighted by Gasteiger charge is 2.37. The summed E-state index contributed by atoms with van der Waals surface area (Å²) < 4.78 is 37.5. The van der Waals surface area contributed by atoms with Crippen molar-refractivity contribution in [1.82, 2.24) is 63.5 Å². The first-order valence-corrected chi connectivity index (χ1v) is 33.0. The van der Waals surface area contributed by atoms with E-state index in [0.717, 1.165) is 54.9 Å². The van der Waals surface area contributed by atoms with Crippen LogP contribution in [0.15, 0.2) is 159 Å². The topological polar surface area (TPSA) is 203 Å². The van der Waals surface area contributed by atoms with Crippen LogP contribution >= 0.6 is 43.6 Å². The highest BCUT2D eigenvalue weighted by molar-refractivity contribution is 9.10. The maximum Gasteiger partial charge on any atom is 0.278 e. The molecule has 9 aromatic rings. The first kappa shape index (κ1) is 62.8. The fourth-order valence-electron chi connectivity index (χ4n) is 10.9. The molecule has 1 aromatic carbocycles. The molecule has 89 heavy (non-hydrogen) atoms. The van der Waals surface area contributed by atoms with Gasteiger partial charge >= 0.3 is 0 Å². The van der Waals surface area contributed by atoms with Gasteiger partial charge in [0.15, 0.2) is 28.1 Å². The Kier molecular flexibility index (Phi) is 20.6. The van der Waals surface area contributed by atoms with E-state index in [1.54, 1.807) is 55.4 Å². The number of hydrogen-bond acceptors (Lipinski definition) is 17. The highest BCUT2D eigenvalue weighted by Crippen LogP contribution is 2.42. The van der Waals surface area contributed by atoms with E-state index in [1.807, 2.05) is 60.9 Å². The van der Waals surface area contributed by atoms with Crippen molar-refractivity contribution in [3.63, 3.8) is 0 Å². The summed E-state index contributed by atoms with van der Waals surface area (Å²) in [7, 11) is 2.24. The molecule has 0 amide bonds. The number of thioether (sulfide) groups is 1. The molecule has 0 bridgehead atoms. The summed E-state index contributed by atoms with van der Waals surface area (Å²) in [5, 5.41) is 4.81. The highest BCUT2D eigenvalue weighted by atomic mass is 79.9. The Hall–Kier alpha value is -7.80. The predicted octanol–water partition coefficient (Wildman–Crippen LogP) is 12.7. The van der Waals surface area contributed by atoms with Crippen LogP contribution in [0, 0.1) is 11.4 Å². The molecule has 24 heteroatoms. The van der Waals surface area contributed by atoms with Crippen molar-refractivity contribution in [1.29, 1.82) is 0 Å². The lowest BCUT2D eigenvalue weighted by Crippen LogP contribution is -2.46. The van der Waals surface area contributed by atoms with Crippen molar-refractivity contribution in [2.24, 2.45) is 5.41 Å². The van der Waals surface area contributed by atoms with Crippen LogP contribution < -0.4 is 35.5 Å². The van der Waals surface area contributed by atoms with E-state index in [0.29, 0.717) is 85.8 Å². The van der Waals surface area contributed by atoms with Gasteiger partial charge in [0.05, 0.1) is 13.1 Å². The van der Waals surface area contributed by atoms with Crippen molar-refractivity contribution in [2.45, 2.75) is 120 Å². The lowest BCUT2D eigenvalue weighted by atomic mass is 9.71. The molecule has 10 heterocycles. The Bertz CT molecular complexity index is 4000. The number of allylic oxidation sites excluding steroid dienone is 2. The molecule has 2 aliphatic heterocycles. The Balaban J connectivity index is 0.000000148. The average Bonchev–Trinajstić information content (AvgIpc) is 1.66. The van der Waals surface area contributed by atoms with Gasteiger partial charge in [-0.2, -0.15) is 19.3 Å². The molecule has 20 nitrogen and oxygen atoms in total. The van der Waals surface area contributed by atoms with Crippen molar-refractivity contribution in [3.8, 4) is 29.3 Å². The minimum absolute atomic E-state index is 0.167. The molecule has 5 aliphatic rings. The molecular weight excluding hydrogens is 1280 g/mol. The quantitative estimate of drug-likeness (QED) is 0.0413. The standard InChI is InChI=1S/C33H40N8O2.C18H19N5O2S.C9H10BrNO.C5H3BrFN/c1-3-18-40-31(42)27-23-34-32(37-30(27)41(40)28-8-5-9-29(36-28)43-26-6-4-7-26)35-24-10-12-25(13-11-24)39-21-16-33(17-22-39)14-19-38(2)20-15-33;1-3-10-22-17(24)13-11-19-18(26-2)21-16(13)23(22)14-8-5-9-15(20-14)25-12-6-4-7-12;10-8-5-2-6-9(11-8)12-7-3-1-4-7;6-4-2-1-3-5(7)8-4/h3,5,8-13,23,26H,1,4,6-7,14-22H2,2H3,(H,34,35,37);3,5,8-9,11-12H,1,4,6-7,10H2,2H3;2,5-7H,1,3-4H2;1-3H. The minimum Gasteiger partial charge on any atom is -0.474 e. The number of pyridine rings is 4. The molecule has 3 aliphatic carbocycles. The van der Waals surface area contributed by atoms with Crippen LogP contribution in [0.2, 0.25) is 0 Å². The van der Waals surface area contributed by atoms with Gasteiger partial charge in [-0.3, -0.25) is 9.59 Å². The lowest BCUT2D eigenvalue weighted by molar-refractivity contribution is 0.0945. The van der Waals surface area contributed by atoms with Crippen LogP contribution in [0.4, 0.5) is 21.7 Å². The molecule has 14 rings (SSSR count). The number of ether oxygens (including phenoxy) is 3. The van der Waals surface area contributed by atoms with Crippen molar-refractivity contribution in [3.05, 3.63) is 171 Å². The number of hydrogen-bond donors (Lipinski definition) is 1. The number of benzene rings is 1. The van der Waals surface area contributed by atoms with Crippen LogP contribution in [-0.2, 0) is 13.1 Å². The van der Waals surface area contributed by atoms with Gasteiger partial charge in [-0.1, -0.05) is 48.2 Å².